The van der Waals surface area contributed by atoms with E-state index in [2.05, 4.69) is 15.6 Å². The first-order chi connectivity index (χ1) is 7.28. The molecule has 1 amide bonds. The number of carbonyl (C=O) groups is 1. The van der Waals surface area contributed by atoms with Crippen LogP contribution in [0.25, 0.3) is 0 Å². The number of amides is 1. The Labute approximate surface area is 87.8 Å². The Kier molecular flexibility index (Phi) is 2.96. The van der Waals surface area contributed by atoms with Crippen molar-refractivity contribution in [3.05, 3.63) is 11.9 Å². The molecule has 6 nitrogen and oxygen atoms in total. The van der Waals surface area contributed by atoms with E-state index in [4.69, 9.17) is 5.73 Å². The number of hydrogen-bond donors (Lipinski definition) is 2. The van der Waals surface area contributed by atoms with Crippen LogP contribution < -0.4 is 11.1 Å². The van der Waals surface area contributed by atoms with Crippen molar-refractivity contribution < 1.29 is 4.79 Å². The Balaban J connectivity index is 1.76. The van der Waals surface area contributed by atoms with Crippen LogP contribution in [0.5, 0.6) is 0 Å². The van der Waals surface area contributed by atoms with Gasteiger partial charge in [0.25, 0.3) is 0 Å². The summed E-state index contributed by atoms with van der Waals surface area (Å²) >= 11 is 0. The molecular weight excluding hydrogens is 194 g/mol. The molecule has 0 aliphatic heterocycles. The van der Waals surface area contributed by atoms with E-state index in [9.17, 15) is 4.79 Å². The molecule has 6 heteroatoms. The summed E-state index contributed by atoms with van der Waals surface area (Å²) in [6, 6.07) is 0. The fourth-order valence-corrected chi connectivity index (χ4v) is 1.29. The molecule has 2 rings (SSSR count). The topological polar surface area (TPSA) is 85.8 Å². The first-order valence-electron chi connectivity index (χ1n) is 5.13. The zero-order chi connectivity index (χ0) is 10.7. The molecule has 1 aliphatic carbocycles. The standard InChI is InChI=1S/C9H15N5O/c10-3-8-5-14(13-12-8)6-9(15)11-4-7-1-2-7/h5,7H,1-4,6,10H2,(H,11,15). The Bertz CT molecular complexity index is 344. The van der Waals surface area contributed by atoms with Crippen LogP contribution >= 0.6 is 0 Å². The van der Waals surface area contributed by atoms with E-state index in [0.717, 1.165) is 6.54 Å². The van der Waals surface area contributed by atoms with Crippen LogP contribution in [-0.4, -0.2) is 27.4 Å². The molecule has 0 unspecified atom stereocenters. The summed E-state index contributed by atoms with van der Waals surface area (Å²) < 4.78 is 1.50. The van der Waals surface area contributed by atoms with Crippen LogP contribution in [-0.2, 0) is 17.9 Å². The second-order valence-electron chi connectivity index (χ2n) is 3.86. The molecule has 0 saturated heterocycles. The molecule has 0 spiro atoms. The summed E-state index contributed by atoms with van der Waals surface area (Å²) in [5.41, 5.74) is 6.08. The third-order valence-electron chi connectivity index (χ3n) is 2.39. The third-order valence-corrected chi connectivity index (χ3v) is 2.39. The minimum absolute atomic E-state index is 0.0182. The number of nitrogens with one attached hydrogen (secondary N) is 1. The zero-order valence-electron chi connectivity index (χ0n) is 8.52. The van der Waals surface area contributed by atoms with Gasteiger partial charge in [-0.05, 0) is 18.8 Å². The highest BCUT2D eigenvalue weighted by atomic mass is 16.2. The smallest absolute Gasteiger partial charge is 0.241 e. The van der Waals surface area contributed by atoms with Crippen LogP contribution in [0.1, 0.15) is 18.5 Å². The van der Waals surface area contributed by atoms with E-state index < -0.39 is 0 Å². The molecule has 3 N–H and O–H groups in total. The minimum atomic E-state index is -0.0182. The lowest BCUT2D eigenvalue weighted by molar-refractivity contribution is -0.121. The Morgan fingerprint density at radius 1 is 1.67 bits per heavy atom. The van der Waals surface area contributed by atoms with Crippen molar-refractivity contribution in [2.75, 3.05) is 6.54 Å². The van der Waals surface area contributed by atoms with E-state index in [-0.39, 0.29) is 12.5 Å². The van der Waals surface area contributed by atoms with Gasteiger partial charge in [0.1, 0.15) is 6.54 Å². The predicted molar refractivity (Wildman–Crippen MR) is 53.6 cm³/mol. The molecule has 1 saturated carbocycles. The van der Waals surface area contributed by atoms with Gasteiger partial charge in [-0.15, -0.1) is 5.10 Å². The average molecular weight is 209 g/mol. The second kappa shape index (κ2) is 4.39. The van der Waals surface area contributed by atoms with Gasteiger partial charge < -0.3 is 11.1 Å². The molecule has 15 heavy (non-hydrogen) atoms. The fraction of sp³-hybridized carbons (Fsp3) is 0.667. The van der Waals surface area contributed by atoms with Gasteiger partial charge in [-0.3, -0.25) is 4.79 Å². The first kappa shape index (κ1) is 10.1. The summed E-state index contributed by atoms with van der Waals surface area (Å²) in [4.78, 5) is 11.4. The van der Waals surface area contributed by atoms with Gasteiger partial charge in [0, 0.05) is 13.1 Å². The third kappa shape index (κ3) is 3.02. The molecule has 0 atom stereocenters. The van der Waals surface area contributed by atoms with Crippen LogP contribution in [0.4, 0.5) is 0 Å². The molecule has 1 heterocycles. The monoisotopic (exact) mass is 209 g/mol. The van der Waals surface area contributed by atoms with E-state index >= 15 is 0 Å². The first-order valence-corrected chi connectivity index (χ1v) is 5.13. The SMILES string of the molecule is NCc1cn(CC(=O)NCC2CC2)nn1. The van der Waals surface area contributed by atoms with Crippen molar-refractivity contribution in [2.24, 2.45) is 11.7 Å². The summed E-state index contributed by atoms with van der Waals surface area (Å²) in [5, 5.41) is 10.5. The predicted octanol–water partition coefficient (Wildman–Crippen LogP) is -0.737. The lowest BCUT2D eigenvalue weighted by Crippen LogP contribution is -2.29. The highest BCUT2D eigenvalue weighted by Crippen LogP contribution is 2.27. The average Bonchev–Trinajstić information content (AvgIpc) is 2.96. The van der Waals surface area contributed by atoms with E-state index in [1.54, 1.807) is 6.20 Å². The lowest BCUT2D eigenvalue weighted by atomic mass is 10.4. The van der Waals surface area contributed by atoms with Crippen molar-refractivity contribution in [3.63, 3.8) is 0 Å². The Morgan fingerprint density at radius 2 is 2.47 bits per heavy atom. The van der Waals surface area contributed by atoms with Gasteiger partial charge in [-0.2, -0.15) is 0 Å². The largest absolute Gasteiger partial charge is 0.354 e. The quantitative estimate of drug-likeness (QED) is 0.669. The highest BCUT2D eigenvalue weighted by Gasteiger charge is 2.21. The van der Waals surface area contributed by atoms with Gasteiger partial charge in [0.2, 0.25) is 5.91 Å². The second-order valence-corrected chi connectivity index (χ2v) is 3.86. The molecule has 0 aromatic carbocycles. The molecule has 0 bridgehead atoms. The van der Waals surface area contributed by atoms with Crippen molar-refractivity contribution in [2.45, 2.75) is 25.9 Å². The molecule has 1 fully saturated rings. The molecular formula is C9H15N5O. The Morgan fingerprint density at radius 3 is 3.07 bits per heavy atom. The van der Waals surface area contributed by atoms with E-state index in [0.29, 0.717) is 18.2 Å². The fourth-order valence-electron chi connectivity index (χ4n) is 1.29. The van der Waals surface area contributed by atoms with Gasteiger partial charge in [0.15, 0.2) is 0 Å². The van der Waals surface area contributed by atoms with Gasteiger partial charge in [-0.1, -0.05) is 5.21 Å². The van der Waals surface area contributed by atoms with Crippen molar-refractivity contribution >= 4 is 5.91 Å². The summed E-state index contributed by atoms with van der Waals surface area (Å²) in [7, 11) is 0. The van der Waals surface area contributed by atoms with Crippen LogP contribution in [0.15, 0.2) is 6.20 Å². The highest BCUT2D eigenvalue weighted by molar-refractivity contribution is 5.75. The van der Waals surface area contributed by atoms with Crippen LogP contribution in [0.3, 0.4) is 0 Å². The van der Waals surface area contributed by atoms with Gasteiger partial charge >= 0.3 is 0 Å². The number of hydrogen-bond acceptors (Lipinski definition) is 4. The number of nitrogens with zero attached hydrogens (tertiary/aromatic N) is 3. The van der Waals surface area contributed by atoms with Crippen molar-refractivity contribution in [3.8, 4) is 0 Å². The van der Waals surface area contributed by atoms with Crippen LogP contribution in [0.2, 0.25) is 0 Å². The maximum Gasteiger partial charge on any atom is 0.241 e. The van der Waals surface area contributed by atoms with E-state index in [1.807, 2.05) is 0 Å². The number of nitrogens with two attached hydrogens (primary N) is 1. The molecule has 1 aliphatic rings. The zero-order valence-corrected chi connectivity index (χ0v) is 8.52. The van der Waals surface area contributed by atoms with Gasteiger partial charge in [0.05, 0.1) is 11.9 Å². The normalized spacial score (nSPS) is 15.3. The van der Waals surface area contributed by atoms with Crippen LogP contribution in [0, 0.1) is 5.92 Å². The summed E-state index contributed by atoms with van der Waals surface area (Å²) in [6.45, 7) is 1.36. The number of carbonyl (C=O) groups excluding carboxylic acids is 1. The molecule has 1 aromatic rings. The maximum atomic E-state index is 11.4. The lowest BCUT2D eigenvalue weighted by Gasteiger charge is -2.02. The molecule has 82 valence electrons. The summed E-state index contributed by atoms with van der Waals surface area (Å²) in [6.07, 6.45) is 4.17. The number of aromatic nitrogens is 3. The van der Waals surface area contributed by atoms with Crippen molar-refractivity contribution in [1.29, 1.82) is 0 Å². The van der Waals surface area contributed by atoms with Gasteiger partial charge in [-0.25, -0.2) is 4.68 Å². The molecule has 1 aromatic heterocycles. The molecule has 0 radical (unpaired) electrons. The number of rotatable bonds is 5. The Hall–Kier alpha value is -1.43. The minimum Gasteiger partial charge on any atom is -0.354 e. The van der Waals surface area contributed by atoms with E-state index in [1.165, 1.54) is 17.5 Å². The summed E-state index contributed by atoms with van der Waals surface area (Å²) in [5.74, 6) is 0.680. The van der Waals surface area contributed by atoms with Crippen molar-refractivity contribution in [1.82, 2.24) is 20.3 Å². The maximum absolute atomic E-state index is 11.4.